The van der Waals surface area contributed by atoms with E-state index in [1.165, 1.54) is 0 Å². The summed E-state index contributed by atoms with van der Waals surface area (Å²) in [6.07, 6.45) is 0. The van der Waals surface area contributed by atoms with Crippen molar-refractivity contribution in [2.45, 2.75) is 0 Å². The summed E-state index contributed by atoms with van der Waals surface area (Å²) in [5, 5.41) is 0. The van der Waals surface area contributed by atoms with Gasteiger partial charge >= 0.3 is 29.6 Å². The number of rotatable bonds is 1. The molecule has 0 N–H and O–H groups in total. The Morgan fingerprint density at radius 3 is 2.00 bits per heavy atom. The van der Waals surface area contributed by atoms with Crippen molar-refractivity contribution in [2.75, 3.05) is 13.7 Å². The molecule has 5 heavy (non-hydrogen) atoms. The average molecular weight is 83.1 g/mol. The second-order valence-corrected chi connectivity index (χ2v) is 0.493. The van der Waals surface area contributed by atoms with Crippen LogP contribution < -0.4 is 0 Å². The van der Waals surface area contributed by atoms with Crippen LogP contribution in [0, 0.1) is 6.92 Å². The topological polar surface area (TPSA) is 9.23 Å². The predicted molar refractivity (Wildman–Crippen MR) is 24.4 cm³/mol. The molecule has 0 aromatic heterocycles. The van der Waals surface area contributed by atoms with E-state index in [2.05, 4.69) is 11.7 Å². The zero-order valence-electron chi connectivity index (χ0n) is 2.82. The Kier molecular flexibility index (Phi) is 16.6. The van der Waals surface area contributed by atoms with Crippen LogP contribution in [-0.2, 0) is 4.74 Å². The zero-order chi connectivity index (χ0) is 3.41. The first-order valence-electron chi connectivity index (χ1n) is 1.20. The molecule has 0 rings (SSSR count). The molecule has 0 aliphatic rings. The Labute approximate surface area is 55.0 Å². The van der Waals surface area contributed by atoms with Crippen LogP contribution in [0.2, 0.25) is 0 Å². The molecule has 0 aliphatic carbocycles. The van der Waals surface area contributed by atoms with Gasteiger partial charge in [0.2, 0.25) is 0 Å². The minimum absolute atomic E-state index is 0. The van der Waals surface area contributed by atoms with Gasteiger partial charge in [-0.15, -0.1) is 0 Å². The summed E-state index contributed by atoms with van der Waals surface area (Å²) in [5.74, 6) is 0. The molecule has 1 radical (unpaired) electrons. The Bertz CT molecular complexity index is 8.85. The van der Waals surface area contributed by atoms with Gasteiger partial charge in [0, 0.05) is 13.7 Å². The van der Waals surface area contributed by atoms with E-state index >= 15 is 0 Å². The molecule has 0 aliphatic heterocycles. The van der Waals surface area contributed by atoms with E-state index in [1.807, 2.05) is 0 Å². The second kappa shape index (κ2) is 8.88. The standard InChI is InChI=1S/C3H7O.Na.H/c1-3-4-2;;/h1,3H2,2H3;;. The Balaban J connectivity index is 0. The maximum atomic E-state index is 4.43. The van der Waals surface area contributed by atoms with E-state index in [1.54, 1.807) is 7.11 Å². The van der Waals surface area contributed by atoms with Gasteiger partial charge in [-0.3, -0.25) is 0 Å². The van der Waals surface area contributed by atoms with Gasteiger partial charge in [0.25, 0.3) is 0 Å². The zero-order valence-corrected chi connectivity index (χ0v) is 2.82. The fourth-order valence-electron chi connectivity index (χ4n) is 0. The van der Waals surface area contributed by atoms with Gasteiger partial charge in [0.05, 0.1) is 0 Å². The van der Waals surface area contributed by atoms with Crippen LogP contribution in [0.5, 0.6) is 0 Å². The van der Waals surface area contributed by atoms with Crippen LogP contribution in [0.25, 0.3) is 0 Å². The summed E-state index contributed by atoms with van der Waals surface area (Å²) < 4.78 is 4.43. The van der Waals surface area contributed by atoms with Crippen molar-refractivity contribution in [3.8, 4) is 0 Å². The molecule has 0 atom stereocenters. The molecule has 1 nitrogen and oxygen atoms in total. The fourth-order valence-corrected chi connectivity index (χ4v) is 0. The van der Waals surface area contributed by atoms with Gasteiger partial charge in [-0.05, 0) is 6.92 Å². The van der Waals surface area contributed by atoms with E-state index in [9.17, 15) is 0 Å². The molecule has 0 saturated heterocycles. The Hall–Kier alpha value is 0.960. The summed E-state index contributed by atoms with van der Waals surface area (Å²) in [5.41, 5.74) is 0. The van der Waals surface area contributed by atoms with E-state index in [0.29, 0.717) is 6.61 Å². The van der Waals surface area contributed by atoms with Gasteiger partial charge < -0.3 is 4.74 Å². The van der Waals surface area contributed by atoms with E-state index in [-0.39, 0.29) is 29.6 Å². The van der Waals surface area contributed by atoms with Crippen LogP contribution in [0.15, 0.2) is 0 Å². The number of hydrogen-bond acceptors (Lipinski definition) is 1. The third-order valence-electron chi connectivity index (χ3n) is 0.204. The number of ether oxygens (including phenoxy) is 1. The monoisotopic (exact) mass is 83.0 g/mol. The average Bonchev–Trinajstić information content (AvgIpc) is 1.37. The van der Waals surface area contributed by atoms with Crippen molar-refractivity contribution >= 4 is 29.6 Å². The van der Waals surface area contributed by atoms with Gasteiger partial charge in [-0.25, -0.2) is 0 Å². The molecule has 0 saturated carbocycles. The summed E-state index contributed by atoms with van der Waals surface area (Å²) in [6, 6.07) is 0. The molecule has 0 heterocycles. The minimum atomic E-state index is 0. The molecule has 2 heteroatoms. The first-order chi connectivity index (χ1) is 1.91. The molecule has 0 unspecified atom stereocenters. The third-order valence-corrected chi connectivity index (χ3v) is 0.204. The van der Waals surface area contributed by atoms with Crippen LogP contribution in [0.3, 0.4) is 0 Å². The SMILES string of the molecule is [CH2]COC.[NaH]. The van der Waals surface area contributed by atoms with Crippen LogP contribution in [0.1, 0.15) is 0 Å². The molecular weight excluding hydrogens is 75.0 g/mol. The summed E-state index contributed by atoms with van der Waals surface area (Å²) >= 11 is 0. The summed E-state index contributed by atoms with van der Waals surface area (Å²) in [6.45, 7) is 3.95. The molecule has 27 valence electrons. The molecule has 0 aromatic carbocycles. The summed E-state index contributed by atoms with van der Waals surface area (Å²) in [7, 11) is 1.62. The third kappa shape index (κ3) is 11.3. The van der Waals surface area contributed by atoms with Crippen LogP contribution in [-0.4, -0.2) is 43.3 Å². The van der Waals surface area contributed by atoms with Crippen molar-refractivity contribution < 1.29 is 4.74 Å². The van der Waals surface area contributed by atoms with Gasteiger partial charge in [0.1, 0.15) is 0 Å². The molecular formula is C3H8NaO. The van der Waals surface area contributed by atoms with Crippen molar-refractivity contribution in [3.05, 3.63) is 6.92 Å². The fraction of sp³-hybridized carbons (Fsp3) is 0.667. The first-order valence-corrected chi connectivity index (χ1v) is 1.20. The van der Waals surface area contributed by atoms with Gasteiger partial charge in [-0.1, -0.05) is 0 Å². The molecule has 0 amide bonds. The number of hydrogen-bond donors (Lipinski definition) is 0. The summed E-state index contributed by atoms with van der Waals surface area (Å²) in [4.78, 5) is 0. The van der Waals surface area contributed by atoms with Crippen molar-refractivity contribution in [1.29, 1.82) is 0 Å². The van der Waals surface area contributed by atoms with E-state index < -0.39 is 0 Å². The number of methoxy groups -OCH3 is 1. The Morgan fingerprint density at radius 2 is 2.00 bits per heavy atom. The first kappa shape index (κ1) is 9.35. The molecule has 0 fully saturated rings. The van der Waals surface area contributed by atoms with E-state index in [4.69, 9.17) is 0 Å². The van der Waals surface area contributed by atoms with Gasteiger partial charge in [-0.2, -0.15) is 0 Å². The molecule has 0 bridgehead atoms. The molecule has 0 aromatic rings. The normalized spacial score (nSPS) is 6.00. The maximum absolute atomic E-state index is 4.43. The van der Waals surface area contributed by atoms with Crippen LogP contribution >= 0.6 is 0 Å². The molecule has 0 spiro atoms. The van der Waals surface area contributed by atoms with Crippen molar-refractivity contribution in [3.63, 3.8) is 0 Å². The van der Waals surface area contributed by atoms with E-state index in [0.717, 1.165) is 0 Å². The van der Waals surface area contributed by atoms with Crippen molar-refractivity contribution in [1.82, 2.24) is 0 Å². The van der Waals surface area contributed by atoms with Crippen molar-refractivity contribution in [2.24, 2.45) is 0 Å². The predicted octanol–water partition coefficient (Wildman–Crippen LogP) is -0.182. The second-order valence-electron chi connectivity index (χ2n) is 0.493. The Morgan fingerprint density at radius 1 is 1.80 bits per heavy atom. The van der Waals surface area contributed by atoms with Gasteiger partial charge in [0.15, 0.2) is 0 Å². The van der Waals surface area contributed by atoms with Crippen LogP contribution in [0.4, 0.5) is 0 Å². The quantitative estimate of drug-likeness (QED) is 0.399.